The van der Waals surface area contributed by atoms with Crippen molar-refractivity contribution in [3.8, 4) is 0 Å². The van der Waals surface area contributed by atoms with Crippen LogP contribution in [0.5, 0.6) is 0 Å². The van der Waals surface area contributed by atoms with Crippen molar-refractivity contribution >= 4 is 12.0 Å². The van der Waals surface area contributed by atoms with E-state index in [0.29, 0.717) is 12.6 Å². The van der Waals surface area contributed by atoms with Gasteiger partial charge in [-0.3, -0.25) is 5.32 Å². The number of aromatic amines is 1. The maximum Gasteiger partial charge on any atom is 0.413 e. The smallest absolute Gasteiger partial charge is 0.413 e. The van der Waals surface area contributed by atoms with Gasteiger partial charge in [-0.2, -0.15) is 0 Å². The zero-order chi connectivity index (χ0) is 10.7. The Bertz CT molecular complexity index is 336. The molecule has 1 aromatic rings. The van der Waals surface area contributed by atoms with Crippen molar-refractivity contribution in [2.75, 3.05) is 11.9 Å². The average molecular weight is 209 g/mol. The molecule has 1 aliphatic rings. The van der Waals surface area contributed by atoms with Gasteiger partial charge in [-0.15, -0.1) is 0 Å². The summed E-state index contributed by atoms with van der Waals surface area (Å²) in [5, 5.41) is 2.57. The molecule has 5 nitrogen and oxygen atoms in total. The third-order valence-corrected chi connectivity index (χ3v) is 2.45. The normalized spacial score (nSPS) is 14.5. The highest BCUT2D eigenvalue weighted by molar-refractivity contribution is 5.82. The zero-order valence-electron chi connectivity index (χ0n) is 8.80. The van der Waals surface area contributed by atoms with Gasteiger partial charge in [-0.25, -0.2) is 9.78 Å². The Balaban J connectivity index is 2.03. The van der Waals surface area contributed by atoms with Crippen molar-refractivity contribution in [1.82, 2.24) is 9.97 Å². The zero-order valence-corrected chi connectivity index (χ0v) is 8.80. The van der Waals surface area contributed by atoms with Gasteiger partial charge < -0.3 is 9.72 Å². The number of fused-ring (bicyclic) bond motifs is 1. The quantitative estimate of drug-likeness (QED) is 0.781. The molecular formula is C10H15N3O2. The van der Waals surface area contributed by atoms with Crippen molar-refractivity contribution in [2.45, 2.75) is 32.6 Å². The molecule has 1 heterocycles. The number of aromatic nitrogens is 2. The van der Waals surface area contributed by atoms with Gasteiger partial charge in [0.15, 0.2) is 0 Å². The van der Waals surface area contributed by atoms with Gasteiger partial charge in [0, 0.05) is 5.69 Å². The summed E-state index contributed by atoms with van der Waals surface area (Å²) in [6, 6.07) is 0. The van der Waals surface area contributed by atoms with E-state index >= 15 is 0 Å². The van der Waals surface area contributed by atoms with Crippen molar-refractivity contribution in [2.24, 2.45) is 0 Å². The Kier molecular flexibility index (Phi) is 2.89. The highest BCUT2D eigenvalue weighted by Gasteiger charge is 2.15. The molecule has 0 saturated carbocycles. The van der Waals surface area contributed by atoms with Crippen molar-refractivity contribution in [1.29, 1.82) is 0 Å². The second-order valence-electron chi connectivity index (χ2n) is 3.56. The molecule has 0 spiro atoms. The lowest BCUT2D eigenvalue weighted by molar-refractivity contribution is 0.167. The summed E-state index contributed by atoms with van der Waals surface area (Å²) in [6.45, 7) is 2.14. The largest absolute Gasteiger partial charge is 0.450 e. The number of hydrogen-bond acceptors (Lipinski definition) is 3. The molecule has 82 valence electrons. The molecule has 0 unspecified atom stereocenters. The maximum atomic E-state index is 11.1. The summed E-state index contributed by atoms with van der Waals surface area (Å²) >= 11 is 0. The first-order valence-corrected chi connectivity index (χ1v) is 5.31. The van der Waals surface area contributed by atoms with Gasteiger partial charge in [-0.05, 0) is 32.6 Å². The van der Waals surface area contributed by atoms with Crippen LogP contribution >= 0.6 is 0 Å². The fourth-order valence-corrected chi connectivity index (χ4v) is 1.78. The molecule has 1 aromatic heterocycles. The van der Waals surface area contributed by atoms with Gasteiger partial charge in [0.25, 0.3) is 0 Å². The molecule has 0 saturated heterocycles. The summed E-state index contributed by atoms with van der Waals surface area (Å²) < 4.78 is 4.77. The summed E-state index contributed by atoms with van der Waals surface area (Å²) in [5.74, 6) is 0.500. The molecular weight excluding hydrogens is 194 g/mol. The van der Waals surface area contributed by atoms with Crippen LogP contribution in [-0.4, -0.2) is 22.7 Å². The molecule has 0 aliphatic heterocycles. The molecule has 2 N–H and O–H groups in total. The van der Waals surface area contributed by atoms with E-state index < -0.39 is 6.09 Å². The number of imidazole rings is 1. The molecule has 15 heavy (non-hydrogen) atoms. The van der Waals surface area contributed by atoms with Gasteiger partial charge >= 0.3 is 6.09 Å². The summed E-state index contributed by atoms with van der Waals surface area (Å²) in [6.07, 6.45) is 3.93. The maximum absolute atomic E-state index is 11.1. The predicted octanol–water partition coefficient (Wildman–Crippen LogP) is 1.86. The lowest BCUT2D eigenvalue weighted by Gasteiger charge is -2.07. The lowest BCUT2D eigenvalue weighted by Crippen LogP contribution is -2.14. The van der Waals surface area contributed by atoms with E-state index in [1.807, 2.05) is 0 Å². The van der Waals surface area contributed by atoms with Crippen molar-refractivity contribution in [3.63, 3.8) is 0 Å². The van der Waals surface area contributed by atoms with Crippen LogP contribution in [0.3, 0.4) is 0 Å². The molecule has 1 aliphatic carbocycles. The Morgan fingerprint density at radius 2 is 2.33 bits per heavy atom. The fourth-order valence-electron chi connectivity index (χ4n) is 1.78. The highest BCUT2D eigenvalue weighted by Crippen LogP contribution is 2.20. The summed E-state index contributed by atoms with van der Waals surface area (Å²) in [7, 11) is 0. The van der Waals surface area contributed by atoms with E-state index in [1.165, 1.54) is 12.8 Å². The Labute approximate surface area is 88.2 Å². The first kappa shape index (κ1) is 10.0. The second kappa shape index (κ2) is 4.33. The molecule has 1 amide bonds. The number of rotatable bonds is 2. The summed E-state index contributed by atoms with van der Waals surface area (Å²) in [4.78, 5) is 18.5. The number of hydrogen-bond donors (Lipinski definition) is 2. The first-order chi connectivity index (χ1) is 7.29. The van der Waals surface area contributed by atoms with E-state index in [0.717, 1.165) is 24.2 Å². The Hall–Kier alpha value is -1.52. The minimum absolute atomic E-state index is 0.367. The predicted molar refractivity (Wildman–Crippen MR) is 55.9 cm³/mol. The molecule has 2 rings (SSSR count). The minimum Gasteiger partial charge on any atom is -0.450 e. The van der Waals surface area contributed by atoms with Crippen molar-refractivity contribution in [3.05, 3.63) is 11.4 Å². The number of anilines is 1. The molecule has 0 atom stereocenters. The third-order valence-electron chi connectivity index (χ3n) is 2.45. The number of amides is 1. The van der Waals surface area contributed by atoms with Crippen LogP contribution in [0.4, 0.5) is 10.7 Å². The van der Waals surface area contributed by atoms with E-state index in [-0.39, 0.29) is 0 Å². The van der Waals surface area contributed by atoms with Crippen LogP contribution < -0.4 is 5.32 Å². The number of H-pyrrole nitrogens is 1. The number of ether oxygens (including phenoxy) is 1. The minimum atomic E-state index is -0.455. The fraction of sp³-hybridized carbons (Fsp3) is 0.600. The molecule has 0 bridgehead atoms. The topological polar surface area (TPSA) is 67.0 Å². The number of nitrogens with zero attached hydrogens (tertiary/aromatic N) is 1. The van der Waals surface area contributed by atoms with E-state index in [1.54, 1.807) is 6.92 Å². The van der Waals surface area contributed by atoms with Crippen LogP contribution in [0.25, 0.3) is 0 Å². The Morgan fingerprint density at radius 3 is 3.07 bits per heavy atom. The molecule has 5 heteroatoms. The first-order valence-electron chi connectivity index (χ1n) is 5.31. The molecule has 0 aromatic carbocycles. The Morgan fingerprint density at radius 1 is 1.53 bits per heavy atom. The van der Waals surface area contributed by atoms with Gasteiger partial charge in [-0.1, -0.05) is 0 Å². The van der Waals surface area contributed by atoms with Gasteiger partial charge in [0.05, 0.1) is 12.3 Å². The monoisotopic (exact) mass is 209 g/mol. The number of aryl methyl sites for hydroxylation is 2. The SMILES string of the molecule is CCOC(=O)Nc1nc2c([nH]1)CCCC2. The van der Waals surface area contributed by atoms with E-state index in [9.17, 15) is 4.79 Å². The van der Waals surface area contributed by atoms with Gasteiger partial charge in [0.1, 0.15) is 0 Å². The summed E-state index contributed by atoms with van der Waals surface area (Å²) in [5.41, 5.74) is 2.22. The standard InChI is InChI=1S/C10H15N3O2/c1-2-15-10(14)13-9-11-7-5-3-4-6-8(7)12-9/h2-6H2,1H3,(H2,11,12,13,14). The van der Waals surface area contributed by atoms with Crippen LogP contribution in [0.15, 0.2) is 0 Å². The van der Waals surface area contributed by atoms with E-state index in [2.05, 4.69) is 15.3 Å². The number of nitrogens with one attached hydrogen (secondary N) is 2. The number of carbonyl (C=O) groups is 1. The number of carbonyl (C=O) groups excluding carboxylic acids is 1. The van der Waals surface area contributed by atoms with Crippen LogP contribution in [0, 0.1) is 0 Å². The van der Waals surface area contributed by atoms with E-state index in [4.69, 9.17) is 4.74 Å². The van der Waals surface area contributed by atoms with Crippen LogP contribution in [-0.2, 0) is 17.6 Å². The average Bonchev–Trinajstić information content (AvgIpc) is 2.59. The molecule has 0 fully saturated rings. The lowest BCUT2D eigenvalue weighted by atomic mass is 10.0. The van der Waals surface area contributed by atoms with Crippen LogP contribution in [0.2, 0.25) is 0 Å². The molecule has 0 radical (unpaired) electrons. The highest BCUT2D eigenvalue weighted by atomic mass is 16.5. The van der Waals surface area contributed by atoms with Crippen LogP contribution in [0.1, 0.15) is 31.2 Å². The second-order valence-corrected chi connectivity index (χ2v) is 3.56. The van der Waals surface area contributed by atoms with Gasteiger partial charge in [0.2, 0.25) is 5.95 Å². The third kappa shape index (κ3) is 2.29. The van der Waals surface area contributed by atoms with Crippen molar-refractivity contribution < 1.29 is 9.53 Å².